The number of nitrogens with one attached hydrogen (secondary N) is 1. The minimum atomic E-state index is -3.50. The quantitative estimate of drug-likeness (QED) is 0.815. The first kappa shape index (κ1) is 15.5. The van der Waals surface area contributed by atoms with Crippen molar-refractivity contribution >= 4 is 49.1 Å². The lowest BCUT2D eigenvalue weighted by atomic mass is 10.5. The summed E-state index contributed by atoms with van der Waals surface area (Å²) in [7, 11) is -3.50. The number of aliphatic hydroxyl groups excluding tert-OH is 1. The summed E-state index contributed by atoms with van der Waals surface area (Å²) in [6.45, 7) is 2.19. The van der Waals surface area contributed by atoms with Crippen LogP contribution in [0.5, 0.6) is 0 Å². The lowest BCUT2D eigenvalue weighted by Gasteiger charge is -2.09. The Hall–Kier alpha value is 0.400. The molecule has 1 aromatic heterocycles. The molecule has 0 spiro atoms. The van der Waals surface area contributed by atoms with Gasteiger partial charge in [-0.25, -0.2) is 13.1 Å². The van der Waals surface area contributed by atoms with E-state index in [-0.39, 0.29) is 16.8 Å². The fourth-order valence-electron chi connectivity index (χ4n) is 1.05. The van der Waals surface area contributed by atoms with E-state index < -0.39 is 10.0 Å². The molecular weight excluding hydrogens is 346 g/mol. The van der Waals surface area contributed by atoms with Gasteiger partial charge in [-0.3, -0.25) is 0 Å². The van der Waals surface area contributed by atoms with Crippen LogP contribution < -0.4 is 4.72 Å². The minimum Gasteiger partial charge on any atom is -0.391 e. The summed E-state index contributed by atoms with van der Waals surface area (Å²) in [5, 5.41) is 9.19. The normalized spacial score (nSPS) is 13.9. The summed E-state index contributed by atoms with van der Waals surface area (Å²) in [4.78, 5) is 0.815. The zero-order valence-corrected chi connectivity index (χ0v) is 13.5. The Balaban J connectivity index is 2.85. The van der Waals surface area contributed by atoms with E-state index in [1.807, 2.05) is 13.2 Å². The number of aliphatic hydroxyl groups is 1. The molecule has 0 aliphatic rings. The highest BCUT2D eigenvalue weighted by atomic mass is 79.9. The molecule has 1 rings (SSSR count). The van der Waals surface area contributed by atoms with Crippen LogP contribution in [0.25, 0.3) is 0 Å². The minimum absolute atomic E-state index is 0.153. The first-order valence-corrected chi connectivity index (χ1v) is 9.20. The van der Waals surface area contributed by atoms with Crippen LogP contribution in [0.4, 0.5) is 0 Å². The summed E-state index contributed by atoms with van der Waals surface area (Å²) in [5.41, 5.74) is 0. The third kappa shape index (κ3) is 4.22. The maximum Gasteiger partial charge on any atom is 0.242 e. The second-order valence-corrected chi connectivity index (χ2v) is 8.87. The lowest BCUT2D eigenvalue weighted by Crippen LogP contribution is -2.29. The third-order valence-corrected chi connectivity index (χ3v) is 6.75. The van der Waals surface area contributed by atoms with Gasteiger partial charge in [0.2, 0.25) is 10.0 Å². The van der Waals surface area contributed by atoms with E-state index in [1.165, 1.54) is 17.4 Å². The maximum atomic E-state index is 12.0. The predicted octanol–water partition coefficient (Wildman–Crippen LogP) is 2.03. The Kier molecular flexibility index (Phi) is 5.94. The molecule has 1 heterocycles. The number of halogens is 1. The molecule has 0 amide bonds. The molecule has 0 aromatic carbocycles. The molecule has 0 saturated heterocycles. The number of hydrogen-bond acceptors (Lipinski definition) is 5. The number of rotatable bonds is 6. The van der Waals surface area contributed by atoms with Crippen molar-refractivity contribution in [3.05, 3.63) is 14.7 Å². The maximum absolute atomic E-state index is 12.0. The molecule has 4 nitrogen and oxygen atoms in total. The van der Waals surface area contributed by atoms with Crippen LogP contribution in [-0.2, 0) is 16.6 Å². The Morgan fingerprint density at radius 2 is 2.29 bits per heavy atom. The topological polar surface area (TPSA) is 66.4 Å². The zero-order chi connectivity index (χ0) is 13.1. The van der Waals surface area contributed by atoms with Gasteiger partial charge in [-0.1, -0.05) is 6.92 Å². The number of hydrogen-bond donors (Lipinski definition) is 2. The smallest absolute Gasteiger partial charge is 0.242 e. The molecule has 0 aliphatic carbocycles. The van der Waals surface area contributed by atoms with Crippen LogP contribution in [-0.4, -0.2) is 31.6 Å². The Bertz CT molecular complexity index is 472. The lowest BCUT2D eigenvalue weighted by molar-refractivity contribution is 0.285. The SMILES string of the molecule is CSC(C)CNS(=O)(=O)c1cc(CO)sc1Br. The predicted molar refractivity (Wildman–Crippen MR) is 76.1 cm³/mol. The van der Waals surface area contributed by atoms with E-state index in [2.05, 4.69) is 20.7 Å². The monoisotopic (exact) mass is 359 g/mol. The molecule has 2 N–H and O–H groups in total. The van der Waals surface area contributed by atoms with Crippen molar-refractivity contribution in [2.24, 2.45) is 0 Å². The molecule has 1 atom stereocenters. The third-order valence-electron chi connectivity index (χ3n) is 2.12. The van der Waals surface area contributed by atoms with Crippen molar-refractivity contribution in [2.45, 2.75) is 23.7 Å². The van der Waals surface area contributed by atoms with Crippen molar-refractivity contribution in [1.82, 2.24) is 4.72 Å². The second kappa shape index (κ2) is 6.53. The summed E-state index contributed by atoms with van der Waals surface area (Å²) in [6.07, 6.45) is 1.93. The average Bonchev–Trinajstić information content (AvgIpc) is 2.68. The number of sulfonamides is 1. The second-order valence-electron chi connectivity index (χ2n) is 3.41. The standard InChI is InChI=1S/C9H14BrNO3S3/c1-6(15-2)4-11-17(13,14)8-3-7(5-12)16-9(8)10/h3,6,11-12H,4-5H2,1-2H3. The summed E-state index contributed by atoms with van der Waals surface area (Å²) < 4.78 is 27.0. The molecule has 1 unspecified atom stereocenters. The van der Waals surface area contributed by atoms with Gasteiger partial charge in [0.05, 0.1) is 10.4 Å². The van der Waals surface area contributed by atoms with Gasteiger partial charge in [0.15, 0.2) is 0 Å². The van der Waals surface area contributed by atoms with E-state index >= 15 is 0 Å². The van der Waals surface area contributed by atoms with Gasteiger partial charge < -0.3 is 5.11 Å². The molecule has 0 aliphatic heterocycles. The molecule has 98 valence electrons. The van der Waals surface area contributed by atoms with Gasteiger partial charge in [0.25, 0.3) is 0 Å². The zero-order valence-electron chi connectivity index (χ0n) is 9.44. The molecule has 1 aromatic rings. The van der Waals surface area contributed by atoms with Crippen molar-refractivity contribution in [3.8, 4) is 0 Å². The average molecular weight is 360 g/mol. The number of thiophene rings is 1. The molecule has 0 fully saturated rings. The highest BCUT2D eigenvalue weighted by Gasteiger charge is 2.21. The van der Waals surface area contributed by atoms with Gasteiger partial charge in [-0.2, -0.15) is 11.8 Å². The van der Waals surface area contributed by atoms with Crippen molar-refractivity contribution < 1.29 is 13.5 Å². The summed E-state index contributed by atoms with van der Waals surface area (Å²) in [6, 6.07) is 1.49. The molecule has 0 saturated carbocycles. The molecule has 0 radical (unpaired) electrons. The molecule has 17 heavy (non-hydrogen) atoms. The van der Waals surface area contributed by atoms with E-state index in [4.69, 9.17) is 5.11 Å². The van der Waals surface area contributed by atoms with Gasteiger partial charge in [0, 0.05) is 16.7 Å². The Morgan fingerprint density at radius 3 is 2.76 bits per heavy atom. The van der Waals surface area contributed by atoms with Gasteiger partial charge in [-0.05, 0) is 28.3 Å². The highest BCUT2D eigenvalue weighted by Crippen LogP contribution is 2.31. The Labute approximate surface area is 118 Å². The summed E-state index contributed by atoms with van der Waals surface area (Å²) >= 11 is 6.02. The highest BCUT2D eigenvalue weighted by molar-refractivity contribution is 9.11. The van der Waals surface area contributed by atoms with Crippen LogP contribution in [0.3, 0.4) is 0 Å². The van der Waals surface area contributed by atoms with Gasteiger partial charge in [-0.15, -0.1) is 11.3 Å². The van der Waals surface area contributed by atoms with Gasteiger partial charge >= 0.3 is 0 Å². The molecular formula is C9H14BrNO3S3. The van der Waals surface area contributed by atoms with E-state index in [9.17, 15) is 8.42 Å². The van der Waals surface area contributed by atoms with Gasteiger partial charge in [0.1, 0.15) is 4.90 Å². The van der Waals surface area contributed by atoms with Crippen LogP contribution in [0.2, 0.25) is 0 Å². The van der Waals surface area contributed by atoms with Crippen LogP contribution in [0.1, 0.15) is 11.8 Å². The summed E-state index contributed by atoms with van der Waals surface area (Å²) in [5.74, 6) is 0. The van der Waals surface area contributed by atoms with E-state index in [1.54, 1.807) is 11.8 Å². The Morgan fingerprint density at radius 1 is 1.65 bits per heavy atom. The van der Waals surface area contributed by atoms with Crippen LogP contribution in [0, 0.1) is 0 Å². The fraction of sp³-hybridized carbons (Fsp3) is 0.556. The van der Waals surface area contributed by atoms with Crippen LogP contribution in [0.15, 0.2) is 14.7 Å². The first-order chi connectivity index (χ1) is 7.90. The number of thioether (sulfide) groups is 1. The fourth-order valence-corrected chi connectivity index (χ4v) is 5.07. The first-order valence-electron chi connectivity index (χ1n) is 4.82. The van der Waals surface area contributed by atoms with Crippen LogP contribution >= 0.6 is 39.0 Å². The van der Waals surface area contributed by atoms with E-state index in [0.717, 1.165) is 0 Å². The van der Waals surface area contributed by atoms with Crippen molar-refractivity contribution in [3.63, 3.8) is 0 Å². The molecule has 8 heteroatoms. The van der Waals surface area contributed by atoms with Crippen molar-refractivity contribution in [1.29, 1.82) is 0 Å². The largest absolute Gasteiger partial charge is 0.391 e. The van der Waals surface area contributed by atoms with E-state index in [0.29, 0.717) is 15.2 Å². The van der Waals surface area contributed by atoms with Crippen molar-refractivity contribution in [2.75, 3.05) is 12.8 Å². The molecule has 0 bridgehead atoms.